The Hall–Kier alpha value is -2.83. The Labute approximate surface area is 171 Å². The lowest BCUT2D eigenvalue weighted by Gasteiger charge is -2.35. The van der Waals surface area contributed by atoms with Gasteiger partial charge in [0.2, 0.25) is 0 Å². The molecular weight excluding hydrogens is 432 g/mol. The van der Waals surface area contributed by atoms with Gasteiger partial charge in [-0.2, -0.15) is 31.4 Å². The van der Waals surface area contributed by atoms with Crippen molar-refractivity contribution in [3.63, 3.8) is 0 Å². The van der Waals surface area contributed by atoms with Crippen molar-refractivity contribution < 1.29 is 36.2 Å². The number of nitrogens with zero attached hydrogens (tertiary/aromatic N) is 3. The van der Waals surface area contributed by atoms with Gasteiger partial charge in [-0.15, -0.1) is 0 Å². The number of anilines is 2. The molecule has 7 nitrogen and oxygen atoms in total. The predicted octanol–water partition coefficient (Wildman–Crippen LogP) is 3.17. The summed E-state index contributed by atoms with van der Waals surface area (Å²) in [6.07, 6.45) is -11.1. The summed E-state index contributed by atoms with van der Waals surface area (Å²) in [5.74, 6) is -4.14. The highest BCUT2D eigenvalue weighted by Gasteiger charge is 2.53. The van der Waals surface area contributed by atoms with Crippen LogP contribution in [-0.4, -0.2) is 51.6 Å². The molecule has 1 amide bonds. The molecule has 0 spiro atoms. The van der Waals surface area contributed by atoms with E-state index in [1.54, 1.807) is 4.90 Å². The van der Waals surface area contributed by atoms with Gasteiger partial charge >= 0.3 is 12.4 Å². The first-order valence-corrected chi connectivity index (χ1v) is 9.40. The normalized spacial score (nSPS) is 22.9. The molecule has 4 rings (SSSR count). The van der Waals surface area contributed by atoms with Crippen molar-refractivity contribution in [1.82, 2.24) is 15.2 Å². The van der Waals surface area contributed by atoms with Gasteiger partial charge in [-0.05, 0) is 25.0 Å². The van der Waals surface area contributed by atoms with Gasteiger partial charge in [0.15, 0.2) is 5.82 Å². The summed E-state index contributed by atoms with van der Waals surface area (Å²) in [5, 5.41) is 18.4. The smallest absolute Gasteiger partial charge is 0.382 e. The van der Waals surface area contributed by atoms with E-state index in [2.05, 4.69) is 20.5 Å². The van der Waals surface area contributed by atoms with Gasteiger partial charge in [0.1, 0.15) is 23.5 Å². The maximum absolute atomic E-state index is 13.6. The molecule has 2 unspecified atom stereocenters. The average molecular weight is 449 g/mol. The summed E-state index contributed by atoms with van der Waals surface area (Å²) < 4.78 is 79.5. The summed E-state index contributed by atoms with van der Waals surface area (Å²) in [7, 11) is 0. The number of pyridine rings is 1. The van der Waals surface area contributed by atoms with E-state index in [-0.39, 0.29) is 36.0 Å². The maximum atomic E-state index is 13.6. The third kappa shape index (κ3) is 3.93. The van der Waals surface area contributed by atoms with Crippen molar-refractivity contribution in [1.29, 1.82) is 0 Å². The molecule has 0 bridgehead atoms. The molecule has 2 atom stereocenters. The van der Waals surface area contributed by atoms with Crippen molar-refractivity contribution in [2.75, 3.05) is 23.3 Å². The Morgan fingerprint density at radius 2 is 1.77 bits per heavy atom. The third-order valence-electron chi connectivity index (χ3n) is 5.58. The highest BCUT2D eigenvalue weighted by Crippen LogP contribution is 2.47. The fourth-order valence-corrected chi connectivity index (χ4v) is 4.08. The zero-order valence-electron chi connectivity index (χ0n) is 15.8. The molecular formula is C18H17F6N5O2. The second kappa shape index (κ2) is 7.39. The van der Waals surface area contributed by atoms with Crippen LogP contribution in [-0.2, 0) is 11.0 Å². The lowest BCUT2D eigenvalue weighted by Crippen LogP contribution is -2.44. The number of piperidine rings is 1. The van der Waals surface area contributed by atoms with E-state index in [0.717, 1.165) is 6.07 Å². The van der Waals surface area contributed by atoms with E-state index < -0.39 is 41.9 Å². The Morgan fingerprint density at radius 1 is 1.10 bits per heavy atom. The minimum absolute atomic E-state index is 0.135. The first kappa shape index (κ1) is 21.4. The summed E-state index contributed by atoms with van der Waals surface area (Å²) in [6.45, 7) is 0.525. The number of H-pyrrole nitrogens is 1. The number of rotatable bonds is 2. The lowest BCUT2D eigenvalue weighted by atomic mass is 9.83. The predicted molar refractivity (Wildman–Crippen MR) is 95.4 cm³/mol. The number of nitrogens with one attached hydrogen (secondary N) is 2. The highest BCUT2D eigenvalue weighted by molar-refractivity contribution is 5.97. The molecule has 31 heavy (non-hydrogen) atoms. The molecule has 0 aliphatic carbocycles. The van der Waals surface area contributed by atoms with Crippen LogP contribution in [0.3, 0.4) is 0 Å². The molecule has 168 valence electrons. The topological polar surface area (TPSA) is 94.1 Å². The third-order valence-corrected chi connectivity index (χ3v) is 5.58. The first-order chi connectivity index (χ1) is 14.5. The monoisotopic (exact) mass is 449 g/mol. The van der Waals surface area contributed by atoms with E-state index in [1.165, 1.54) is 12.1 Å². The van der Waals surface area contributed by atoms with Crippen LogP contribution in [0, 0.1) is 0 Å². The van der Waals surface area contributed by atoms with Crippen LogP contribution in [0.25, 0.3) is 0 Å². The molecule has 0 radical (unpaired) electrons. The molecule has 2 aromatic heterocycles. The number of carbonyl (C=O) groups excluding carboxylic acids is 1. The number of aliphatic hydroxyl groups excluding tert-OH is 1. The van der Waals surface area contributed by atoms with E-state index in [1.807, 2.05) is 0 Å². The fraction of sp³-hybridized carbons (Fsp3) is 0.500. The maximum Gasteiger partial charge on any atom is 0.433 e. The van der Waals surface area contributed by atoms with Gasteiger partial charge in [-0.1, -0.05) is 6.07 Å². The number of carbonyl (C=O) groups is 1. The Morgan fingerprint density at radius 3 is 2.39 bits per heavy atom. The molecule has 2 aliphatic heterocycles. The number of aliphatic hydroxyl groups is 1. The number of hydrogen-bond donors (Lipinski definition) is 3. The summed E-state index contributed by atoms with van der Waals surface area (Å²) in [4.78, 5) is 17.0. The largest absolute Gasteiger partial charge is 0.433 e. The van der Waals surface area contributed by atoms with E-state index in [9.17, 15) is 36.2 Å². The molecule has 4 heterocycles. The molecule has 0 aromatic carbocycles. The number of alkyl halides is 6. The quantitative estimate of drug-likeness (QED) is 0.613. The van der Waals surface area contributed by atoms with Crippen LogP contribution in [0.15, 0.2) is 18.2 Å². The molecule has 13 heteroatoms. The van der Waals surface area contributed by atoms with Crippen molar-refractivity contribution in [2.24, 2.45) is 0 Å². The summed E-state index contributed by atoms with van der Waals surface area (Å²) in [6, 6.07) is 3.56. The van der Waals surface area contributed by atoms with Crippen LogP contribution < -0.4 is 10.2 Å². The Balaban J connectivity index is 1.55. The van der Waals surface area contributed by atoms with Gasteiger partial charge < -0.3 is 15.3 Å². The summed E-state index contributed by atoms with van der Waals surface area (Å²) >= 11 is 0. The summed E-state index contributed by atoms with van der Waals surface area (Å²) in [5.41, 5.74) is -1.16. The number of aromatic nitrogens is 3. The van der Waals surface area contributed by atoms with E-state index in [4.69, 9.17) is 0 Å². The SMILES string of the molecule is O=C1Nc2n[nH]c(C3CCN(c4cccc(C(F)(F)F)n4)CC3)c2C(C(F)(F)F)C1O. The molecule has 3 N–H and O–H groups in total. The van der Waals surface area contributed by atoms with E-state index >= 15 is 0 Å². The van der Waals surface area contributed by atoms with Crippen molar-refractivity contribution >= 4 is 17.5 Å². The molecule has 2 aliphatic rings. The van der Waals surface area contributed by atoms with Crippen LogP contribution in [0.5, 0.6) is 0 Å². The number of fused-ring (bicyclic) bond motifs is 1. The lowest BCUT2D eigenvalue weighted by molar-refractivity contribution is -0.177. The Kier molecular flexibility index (Phi) is 5.10. The number of amides is 1. The van der Waals surface area contributed by atoms with Crippen molar-refractivity contribution in [3.8, 4) is 0 Å². The van der Waals surface area contributed by atoms with Crippen molar-refractivity contribution in [3.05, 3.63) is 35.2 Å². The van der Waals surface area contributed by atoms with Crippen LogP contribution in [0.2, 0.25) is 0 Å². The number of aromatic amines is 1. The zero-order valence-corrected chi connectivity index (χ0v) is 15.8. The first-order valence-electron chi connectivity index (χ1n) is 9.40. The van der Waals surface area contributed by atoms with Gasteiger partial charge in [-0.3, -0.25) is 9.89 Å². The molecule has 0 saturated carbocycles. The minimum atomic E-state index is -4.87. The molecule has 2 aromatic rings. The minimum Gasteiger partial charge on any atom is -0.382 e. The highest BCUT2D eigenvalue weighted by atomic mass is 19.4. The van der Waals surface area contributed by atoms with Crippen molar-refractivity contribution in [2.45, 2.75) is 43.1 Å². The van der Waals surface area contributed by atoms with Gasteiger partial charge in [0.05, 0.1) is 0 Å². The van der Waals surface area contributed by atoms with Gasteiger partial charge in [-0.25, -0.2) is 4.98 Å². The zero-order chi connectivity index (χ0) is 22.6. The van der Waals surface area contributed by atoms with Crippen LogP contribution in [0.4, 0.5) is 38.0 Å². The fourth-order valence-electron chi connectivity index (χ4n) is 4.08. The van der Waals surface area contributed by atoms with Crippen LogP contribution >= 0.6 is 0 Å². The second-order valence-electron chi connectivity index (χ2n) is 7.49. The number of hydrogen-bond acceptors (Lipinski definition) is 5. The average Bonchev–Trinajstić information content (AvgIpc) is 3.10. The van der Waals surface area contributed by atoms with Gasteiger partial charge in [0, 0.05) is 30.3 Å². The van der Waals surface area contributed by atoms with Crippen LogP contribution in [0.1, 0.15) is 41.6 Å². The molecule has 1 fully saturated rings. The standard InChI is InChI=1S/C18H17F6N5O2/c19-17(20,21)9-2-1-3-10(25-9)29-6-4-8(5-7-29)13-11-12(18(22,23)24)14(30)16(31)26-15(11)28-27-13/h1-3,8,12,14,30H,4-7H2,(H2,26,27,28,31). The molecule has 1 saturated heterocycles. The second-order valence-corrected chi connectivity index (χ2v) is 7.49. The number of halogens is 6. The van der Waals surface area contributed by atoms with Gasteiger partial charge in [0.25, 0.3) is 5.91 Å². The van der Waals surface area contributed by atoms with E-state index in [0.29, 0.717) is 12.8 Å². The Bertz CT molecular complexity index is 981.